The Kier molecular flexibility index (Phi) is 3.47. The second-order valence-electron chi connectivity index (χ2n) is 6.17. The first kappa shape index (κ1) is 15.1. The Morgan fingerprint density at radius 3 is 2.62 bits per heavy atom. The van der Waals surface area contributed by atoms with E-state index in [0.29, 0.717) is 11.0 Å². The molecule has 0 bridgehead atoms. The van der Waals surface area contributed by atoms with Gasteiger partial charge in [0.25, 0.3) is 0 Å². The Hall–Kier alpha value is -3.18. The molecule has 0 aliphatic carbocycles. The number of anilines is 1. The summed E-state index contributed by atoms with van der Waals surface area (Å²) in [6, 6.07) is 22.3. The Bertz CT molecular complexity index is 1130. The molecule has 6 heteroatoms. The van der Waals surface area contributed by atoms with Gasteiger partial charge in [-0.05, 0) is 50.5 Å². The summed E-state index contributed by atoms with van der Waals surface area (Å²) in [5, 5.41) is 18.6. The summed E-state index contributed by atoms with van der Waals surface area (Å²) in [6.45, 7) is 0. The Labute approximate surface area is 154 Å². The molecule has 1 aliphatic heterocycles. The van der Waals surface area contributed by atoms with Gasteiger partial charge in [-0.25, -0.2) is 0 Å². The molecule has 0 saturated carbocycles. The molecule has 0 spiro atoms. The molecular formula is C20H14ClN5. The van der Waals surface area contributed by atoms with Crippen molar-refractivity contribution in [1.29, 1.82) is 0 Å². The Balaban J connectivity index is 1.70. The van der Waals surface area contributed by atoms with Crippen molar-refractivity contribution < 1.29 is 0 Å². The second-order valence-corrected chi connectivity index (χ2v) is 6.61. The lowest BCUT2D eigenvalue weighted by molar-refractivity contribution is 0.589. The predicted octanol–water partition coefficient (Wildman–Crippen LogP) is 4.54. The third kappa shape index (κ3) is 2.45. The molecule has 5 nitrogen and oxygen atoms in total. The zero-order chi connectivity index (χ0) is 17.5. The molecule has 0 fully saturated rings. The molecule has 126 valence electrons. The molecule has 0 unspecified atom stereocenters. The molecule has 1 N–H and O–H groups in total. The fourth-order valence-electron chi connectivity index (χ4n) is 3.38. The van der Waals surface area contributed by atoms with Crippen LogP contribution in [0.3, 0.4) is 0 Å². The summed E-state index contributed by atoms with van der Waals surface area (Å²) in [6.07, 6.45) is 2.15. The van der Waals surface area contributed by atoms with Crippen LogP contribution in [0.25, 0.3) is 16.5 Å². The van der Waals surface area contributed by atoms with Crippen LogP contribution >= 0.6 is 11.6 Å². The van der Waals surface area contributed by atoms with E-state index in [2.05, 4.69) is 63.3 Å². The van der Waals surface area contributed by atoms with Crippen LogP contribution in [0.1, 0.15) is 17.2 Å². The van der Waals surface area contributed by atoms with E-state index >= 15 is 0 Å². The zero-order valence-corrected chi connectivity index (χ0v) is 14.4. The van der Waals surface area contributed by atoms with E-state index in [1.165, 1.54) is 10.8 Å². The highest BCUT2D eigenvalue weighted by Gasteiger charge is 2.25. The minimum Gasteiger partial charge on any atom is -0.323 e. The number of hydrogen-bond acceptors (Lipinski definition) is 4. The molecule has 2 heterocycles. The number of fused-ring (bicyclic) bond motifs is 2. The summed E-state index contributed by atoms with van der Waals surface area (Å²) in [4.78, 5) is 0. The van der Waals surface area contributed by atoms with Gasteiger partial charge in [0.05, 0.1) is 0 Å². The molecule has 1 atom stereocenters. The van der Waals surface area contributed by atoms with Gasteiger partial charge in [0.2, 0.25) is 5.95 Å². The molecule has 26 heavy (non-hydrogen) atoms. The number of nitrogens with zero attached hydrogens (tertiary/aromatic N) is 4. The topological polar surface area (TPSA) is 55.6 Å². The van der Waals surface area contributed by atoms with Crippen LogP contribution in [-0.2, 0) is 0 Å². The maximum absolute atomic E-state index is 6.03. The van der Waals surface area contributed by atoms with Gasteiger partial charge < -0.3 is 5.32 Å². The van der Waals surface area contributed by atoms with Gasteiger partial charge >= 0.3 is 0 Å². The molecule has 0 saturated heterocycles. The monoisotopic (exact) mass is 359 g/mol. The fourth-order valence-corrected chi connectivity index (χ4v) is 3.51. The maximum atomic E-state index is 6.03. The lowest BCUT2D eigenvalue weighted by atomic mass is 9.96. The molecule has 3 aromatic carbocycles. The van der Waals surface area contributed by atoms with Crippen molar-refractivity contribution in [2.24, 2.45) is 0 Å². The summed E-state index contributed by atoms with van der Waals surface area (Å²) < 4.78 is 1.81. The average molecular weight is 360 g/mol. The van der Waals surface area contributed by atoms with Crippen LogP contribution in [0.5, 0.6) is 0 Å². The van der Waals surface area contributed by atoms with Crippen LogP contribution < -0.4 is 5.32 Å². The third-order valence-electron chi connectivity index (χ3n) is 4.62. The SMILES string of the molecule is Clc1ccc(C2=C[C@H](c3cccc4ccccc34)n3nnnc3N2)cc1. The van der Waals surface area contributed by atoms with Gasteiger partial charge in [0.15, 0.2) is 0 Å². The average Bonchev–Trinajstić information content (AvgIpc) is 3.16. The van der Waals surface area contributed by atoms with Crippen molar-refractivity contribution in [1.82, 2.24) is 20.2 Å². The van der Waals surface area contributed by atoms with Gasteiger partial charge in [-0.2, -0.15) is 4.68 Å². The summed E-state index contributed by atoms with van der Waals surface area (Å²) in [5.41, 5.74) is 3.15. The van der Waals surface area contributed by atoms with Crippen molar-refractivity contribution in [3.63, 3.8) is 0 Å². The van der Waals surface area contributed by atoms with Crippen molar-refractivity contribution in [2.75, 3.05) is 5.32 Å². The van der Waals surface area contributed by atoms with Gasteiger partial charge in [-0.3, -0.25) is 0 Å². The number of hydrogen-bond donors (Lipinski definition) is 1. The lowest BCUT2D eigenvalue weighted by Crippen LogP contribution is -2.20. The highest BCUT2D eigenvalue weighted by molar-refractivity contribution is 6.30. The van der Waals surface area contributed by atoms with Crippen molar-refractivity contribution in [3.8, 4) is 0 Å². The van der Waals surface area contributed by atoms with Gasteiger partial charge in [0.1, 0.15) is 6.04 Å². The third-order valence-corrected chi connectivity index (χ3v) is 4.88. The second kappa shape index (κ2) is 5.97. The minimum atomic E-state index is -0.0990. The highest BCUT2D eigenvalue weighted by atomic mass is 35.5. The van der Waals surface area contributed by atoms with Gasteiger partial charge in [-0.15, -0.1) is 0 Å². The number of aromatic nitrogens is 4. The summed E-state index contributed by atoms with van der Waals surface area (Å²) in [5.74, 6) is 0.621. The van der Waals surface area contributed by atoms with Crippen LogP contribution in [0.4, 0.5) is 5.95 Å². The zero-order valence-electron chi connectivity index (χ0n) is 13.7. The number of tetrazole rings is 1. The minimum absolute atomic E-state index is 0.0990. The largest absolute Gasteiger partial charge is 0.323 e. The van der Waals surface area contributed by atoms with Crippen molar-refractivity contribution >= 4 is 34.0 Å². The number of nitrogens with one attached hydrogen (secondary N) is 1. The van der Waals surface area contributed by atoms with E-state index in [4.69, 9.17) is 11.6 Å². The van der Waals surface area contributed by atoms with E-state index in [9.17, 15) is 0 Å². The van der Waals surface area contributed by atoms with Crippen molar-refractivity contribution in [2.45, 2.75) is 6.04 Å². The van der Waals surface area contributed by atoms with Crippen LogP contribution in [-0.4, -0.2) is 20.2 Å². The van der Waals surface area contributed by atoms with Gasteiger partial charge in [0, 0.05) is 10.7 Å². The molecule has 1 aromatic heterocycles. The quantitative estimate of drug-likeness (QED) is 0.571. The van der Waals surface area contributed by atoms with E-state index in [1.807, 2.05) is 30.3 Å². The first-order chi connectivity index (χ1) is 12.8. The molecular weight excluding hydrogens is 346 g/mol. The molecule has 1 aliphatic rings. The first-order valence-corrected chi connectivity index (χ1v) is 8.68. The summed E-state index contributed by atoms with van der Waals surface area (Å²) >= 11 is 6.03. The number of allylic oxidation sites excluding steroid dienone is 1. The van der Waals surface area contributed by atoms with Crippen LogP contribution in [0.2, 0.25) is 5.02 Å². The normalized spacial score (nSPS) is 16.0. The van der Waals surface area contributed by atoms with Gasteiger partial charge in [-0.1, -0.05) is 71.3 Å². The van der Waals surface area contributed by atoms with E-state index in [-0.39, 0.29) is 6.04 Å². The predicted molar refractivity (Wildman–Crippen MR) is 103 cm³/mol. The summed E-state index contributed by atoms with van der Waals surface area (Å²) in [7, 11) is 0. The van der Waals surface area contributed by atoms with E-state index in [1.54, 1.807) is 4.68 Å². The van der Waals surface area contributed by atoms with E-state index in [0.717, 1.165) is 16.8 Å². The fraction of sp³-hybridized carbons (Fsp3) is 0.0500. The smallest absolute Gasteiger partial charge is 0.248 e. The number of benzene rings is 3. The molecule has 0 radical (unpaired) electrons. The van der Waals surface area contributed by atoms with E-state index < -0.39 is 0 Å². The Morgan fingerprint density at radius 2 is 1.73 bits per heavy atom. The molecule has 5 rings (SSSR count). The Morgan fingerprint density at radius 1 is 0.923 bits per heavy atom. The maximum Gasteiger partial charge on any atom is 0.248 e. The standard InChI is InChI=1S/C20H14ClN5/c21-15-10-8-14(9-11-15)18-12-19(26-20(22-18)23-24-25-26)17-7-3-5-13-4-1-2-6-16(13)17/h1-12,19H,(H,22,23,25)/t19-/m1/s1. The lowest BCUT2D eigenvalue weighted by Gasteiger charge is -2.24. The number of halogens is 1. The molecule has 0 amide bonds. The first-order valence-electron chi connectivity index (χ1n) is 8.30. The van der Waals surface area contributed by atoms with Crippen LogP contribution in [0, 0.1) is 0 Å². The van der Waals surface area contributed by atoms with Crippen molar-refractivity contribution in [3.05, 3.63) is 89.0 Å². The highest BCUT2D eigenvalue weighted by Crippen LogP contribution is 2.35. The van der Waals surface area contributed by atoms with Crippen LogP contribution in [0.15, 0.2) is 72.8 Å². The molecule has 4 aromatic rings. The number of rotatable bonds is 2.